The van der Waals surface area contributed by atoms with Gasteiger partial charge in [-0.15, -0.1) is 0 Å². The maximum Gasteiger partial charge on any atom is 0.332 e. The molecule has 5 nitrogen and oxygen atoms in total. The second-order valence-corrected chi connectivity index (χ2v) is 2.40. The maximum absolute atomic E-state index is 10.2. The molecule has 0 bridgehead atoms. The first-order valence-corrected chi connectivity index (χ1v) is 3.26. The van der Waals surface area contributed by atoms with Gasteiger partial charge in [0.15, 0.2) is 10.8 Å². The van der Waals surface area contributed by atoms with Crippen molar-refractivity contribution in [2.45, 2.75) is 0 Å². The van der Waals surface area contributed by atoms with Gasteiger partial charge in [0.25, 0.3) is 0 Å². The predicted molar refractivity (Wildman–Crippen MR) is 41.4 cm³/mol. The highest BCUT2D eigenvalue weighted by Gasteiger charge is 2.21. The predicted octanol–water partition coefficient (Wildman–Crippen LogP) is 1.66. The normalized spacial score (nSPS) is 9.75. The molecule has 1 aromatic rings. The molecule has 0 saturated carbocycles. The van der Waals surface area contributed by atoms with Crippen LogP contribution in [0.4, 0.5) is 5.69 Å². The van der Waals surface area contributed by atoms with Crippen LogP contribution in [0.2, 0.25) is 5.02 Å². The SMILES string of the molecule is O=[N+]([O-])c1c(O)ccc(O)c1Cl. The lowest BCUT2D eigenvalue weighted by molar-refractivity contribution is -0.385. The van der Waals surface area contributed by atoms with Gasteiger partial charge in [0.05, 0.1) is 4.92 Å². The van der Waals surface area contributed by atoms with E-state index in [2.05, 4.69) is 0 Å². The van der Waals surface area contributed by atoms with Gasteiger partial charge in [0.2, 0.25) is 0 Å². The van der Waals surface area contributed by atoms with Crippen LogP contribution in [0.5, 0.6) is 11.5 Å². The first-order chi connectivity index (χ1) is 5.54. The lowest BCUT2D eigenvalue weighted by atomic mass is 10.3. The number of benzene rings is 1. The molecule has 2 N–H and O–H groups in total. The van der Waals surface area contributed by atoms with Gasteiger partial charge in [-0.3, -0.25) is 10.1 Å². The number of phenolic OH excluding ortho intramolecular Hbond substituents is 2. The quantitative estimate of drug-likeness (QED) is 0.400. The molecule has 0 aliphatic heterocycles. The summed E-state index contributed by atoms with van der Waals surface area (Å²) in [4.78, 5) is 9.38. The van der Waals surface area contributed by atoms with Crippen LogP contribution in [0.3, 0.4) is 0 Å². The second-order valence-electron chi connectivity index (χ2n) is 2.02. The largest absolute Gasteiger partial charge is 0.506 e. The van der Waals surface area contributed by atoms with Crippen LogP contribution >= 0.6 is 11.6 Å². The van der Waals surface area contributed by atoms with Crippen molar-refractivity contribution in [2.24, 2.45) is 0 Å². The topological polar surface area (TPSA) is 83.6 Å². The molecular weight excluding hydrogens is 186 g/mol. The van der Waals surface area contributed by atoms with E-state index in [1.54, 1.807) is 0 Å². The average molecular weight is 190 g/mol. The van der Waals surface area contributed by atoms with Crippen molar-refractivity contribution < 1.29 is 15.1 Å². The molecule has 64 valence electrons. The molecular formula is C6H4ClNO4. The molecule has 6 heteroatoms. The van der Waals surface area contributed by atoms with E-state index in [4.69, 9.17) is 21.8 Å². The second kappa shape index (κ2) is 2.86. The average Bonchev–Trinajstić information content (AvgIpc) is 1.97. The standard InChI is InChI=1S/C6H4ClNO4/c7-5-3(9)1-2-4(10)6(5)8(11)12/h1-2,9-10H. The summed E-state index contributed by atoms with van der Waals surface area (Å²) in [5.41, 5.74) is -0.684. The van der Waals surface area contributed by atoms with Crippen LogP contribution < -0.4 is 0 Å². The van der Waals surface area contributed by atoms with E-state index < -0.39 is 27.1 Å². The maximum atomic E-state index is 10.2. The minimum atomic E-state index is -0.864. The Morgan fingerprint density at radius 1 is 1.33 bits per heavy atom. The number of rotatable bonds is 1. The Morgan fingerprint density at radius 2 is 1.83 bits per heavy atom. The van der Waals surface area contributed by atoms with Crippen LogP contribution in [-0.2, 0) is 0 Å². The van der Waals surface area contributed by atoms with Crippen LogP contribution in [0.15, 0.2) is 12.1 Å². The van der Waals surface area contributed by atoms with Crippen molar-refractivity contribution in [1.29, 1.82) is 0 Å². The van der Waals surface area contributed by atoms with E-state index in [0.717, 1.165) is 12.1 Å². The Kier molecular flexibility index (Phi) is 2.05. The zero-order valence-electron chi connectivity index (χ0n) is 5.69. The first-order valence-electron chi connectivity index (χ1n) is 2.89. The van der Waals surface area contributed by atoms with Gasteiger partial charge in [0.1, 0.15) is 5.75 Å². The lowest BCUT2D eigenvalue weighted by Crippen LogP contribution is -1.89. The molecule has 0 aliphatic carbocycles. The van der Waals surface area contributed by atoms with Gasteiger partial charge in [-0.05, 0) is 12.1 Å². The summed E-state index contributed by atoms with van der Waals surface area (Å²) in [7, 11) is 0. The minimum absolute atomic E-state index is 0.429. The molecule has 0 unspecified atom stereocenters. The fourth-order valence-electron chi connectivity index (χ4n) is 0.717. The minimum Gasteiger partial charge on any atom is -0.506 e. The molecule has 1 aromatic carbocycles. The molecule has 12 heavy (non-hydrogen) atoms. The fraction of sp³-hybridized carbons (Fsp3) is 0. The van der Waals surface area contributed by atoms with Crippen LogP contribution in [-0.4, -0.2) is 15.1 Å². The van der Waals surface area contributed by atoms with Crippen molar-refractivity contribution >= 4 is 17.3 Å². The number of phenols is 2. The lowest BCUT2D eigenvalue weighted by Gasteiger charge is -1.99. The van der Waals surface area contributed by atoms with E-state index in [1.165, 1.54) is 0 Å². The Hall–Kier alpha value is -1.49. The van der Waals surface area contributed by atoms with Crippen molar-refractivity contribution in [3.05, 3.63) is 27.3 Å². The summed E-state index contributed by atoms with van der Waals surface area (Å²) in [5, 5.41) is 27.7. The van der Waals surface area contributed by atoms with Crippen LogP contribution in [0, 0.1) is 10.1 Å². The van der Waals surface area contributed by atoms with Crippen molar-refractivity contribution in [3.8, 4) is 11.5 Å². The van der Waals surface area contributed by atoms with Gasteiger partial charge in [0, 0.05) is 0 Å². The number of nitrogens with zero attached hydrogens (tertiary/aromatic N) is 1. The summed E-state index contributed by atoms with van der Waals surface area (Å²) < 4.78 is 0. The number of nitro groups is 1. The zero-order valence-corrected chi connectivity index (χ0v) is 6.45. The molecule has 0 amide bonds. The number of aromatic hydroxyl groups is 2. The van der Waals surface area contributed by atoms with Gasteiger partial charge >= 0.3 is 5.69 Å². The Bertz CT molecular complexity index is 339. The number of hydrogen-bond acceptors (Lipinski definition) is 4. The van der Waals surface area contributed by atoms with Gasteiger partial charge in [-0.2, -0.15) is 0 Å². The van der Waals surface area contributed by atoms with E-state index >= 15 is 0 Å². The molecule has 0 atom stereocenters. The Morgan fingerprint density at radius 3 is 2.25 bits per heavy atom. The molecule has 0 aliphatic rings. The Balaban J connectivity index is 3.43. The first kappa shape index (κ1) is 8.61. The molecule has 0 heterocycles. The van der Waals surface area contributed by atoms with E-state index in [1.807, 2.05) is 0 Å². The van der Waals surface area contributed by atoms with Crippen LogP contribution in [0.25, 0.3) is 0 Å². The number of nitro benzene ring substituents is 1. The third kappa shape index (κ3) is 1.26. The highest BCUT2D eigenvalue weighted by Crippen LogP contribution is 2.39. The Labute approximate surface area is 72.0 Å². The van der Waals surface area contributed by atoms with Gasteiger partial charge < -0.3 is 10.2 Å². The summed E-state index contributed by atoms with van der Waals surface area (Å²) in [6, 6.07) is 2.07. The summed E-state index contributed by atoms with van der Waals surface area (Å²) in [6.45, 7) is 0. The van der Waals surface area contributed by atoms with E-state index in [-0.39, 0.29) is 0 Å². The highest BCUT2D eigenvalue weighted by molar-refractivity contribution is 6.34. The molecule has 0 radical (unpaired) electrons. The number of hydrogen-bond donors (Lipinski definition) is 2. The highest BCUT2D eigenvalue weighted by atomic mass is 35.5. The van der Waals surface area contributed by atoms with Crippen molar-refractivity contribution in [2.75, 3.05) is 0 Å². The monoisotopic (exact) mass is 189 g/mol. The molecule has 0 spiro atoms. The molecule has 0 saturated heterocycles. The third-order valence-corrected chi connectivity index (χ3v) is 1.63. The van der Waals surface area contributed by atoms with E-state index in [0.29, 0.717) is 0 Å². The molecule has 1 rings (SSSR count). The summed E-state index contributed by atoms with van der Waals surface area (Å²) >= 11 is 5.34. The number of halogens is 1. The van der Waals surface area contributed by atoms with Gasteiger partial charge in [-0.1, -0.05) is 11.6 Å². The van der Waals surface area contributed by atoms with Gasteiger partial charge in [-0.25, -0.2) is 0 Å². The summed E-state index contributed by atoms with van der Waals surface area (Å²) in [5.74, 6) is -0.996. The van der Waals surface area contributed by atoms with E-state index in [9.17, 15) is 10.1 Å². The fourth-order valence-corrected chi connectivity index (χ4v) is 0.946. The molecule has 0 fully saturated rings. The third-order valence-electron chi connectivity index (χ3n) is 1.26. The summed E-state index contributed by atoms with van der Waals surface area (Å²) in [6.07, 6.45) is 0. The smallest absolute Gasteiger partial charge is 0.332 e. The zero-order chi connectivity index (χ0) is 9.30. The van der Waals surface area contributed by atoms with Crippen molar-refractivity contribution in [3.63, 3.8) is 0 Å². The van der Waals surface area contributed by atoms with Crippen LogP contribution in [0.1, 0.15) is 0 Å². The van der Waals surface area contributed by atoms with Crippen molar-refractivity contribution in [1.82, 2.24) is 0 Å². The molecule has 0 aromatic heterocycles.